The molecule has 0 spiro atoms. The molecule has 2 unspecified atom stereocenters. The van der Waals surface area contributed by atoms with Gasteiger partial charge >= 0.3 is 0 Å². The predicted octanol–water partition coefficient (Wildman–Crippen LogP) is 6.37. The summed E-state index contributed by atoms with van der Waals surface area (Å²) < 4.78 is 0. The Morgan fingerprint density at radius 2 is 1.22 bits per heavy atom. The van der Waals surface area contributed by atoms with Gasteiger partial charge in [0.05, 0.1) is 0 Å². The third-order valence-corrected chi connectivity index (χ3v) is 6.15. The quantitative estimate of drug-likeness (QED) is 0.379. The topological polar surface area (TPSA) is 40.5 Å². The molecular formula is C30H30O2. The number of aliphatic hydroxyl groups excluding tert-OH is 2. The van der Waals surface area contributed by atoms with Crippen LogP contribution < -0.4 is 0 Å². The molecule has 0 saturated carbocycles. The van der Waals surface area contributed by atoms with Crippen molar-refractivity contribution in [3.8, 4) is 0 Å². The molecule has 0 aromatic heterocycles. The molecule has 2 nitrogen and oxygen atoms in total. The molecule has 0 amide bonds. The van der Waals surface area contributed by atoms with Crippen LogP contribution in [-0.2, 0) is 6.42 Å². The zero-order valence-corrected chi connectivity index (χ0v) is 18.9. The summed E-state index contributed by atoms with van der Waals surface area (Å²) in [5, 5.41) is 22.0. The Kier molecular flexibility index (Phi) is 6.55. The van der Waals surface area contributed by atoms with Gasteiger partial charge < -0.3 is 10.2 Å². The van der Waals surface area contributed by atoms with E-state index in [0.717, 1.165) is 56.5 Å². The van der Waals surface area contributed by atoms with Gasteiger partial charge in [0.25, 0.3) is 0 Å². The van der Waals surface area contributed by atoms with Crippen LogP contribution in [0.2, 0.25) is 0 Å². The number of benzene rings is 4. The lowest BCUT2D eigenvalue weighted by molar-refractivity contribution is 0.218. The molecule has 0 radical (unpaired) electrons. The molecule has 0 bridgehead atoms. The maximum absolute atomic E-state index is 11.1. The fourth-order valence-corrected chi connectivity index (χ4v) is 4.30. The highest BCUT2D eigenvalue weighted by Gasteiger charge is 2.16. The summed E-state index contributed by atoms with van der Waals surface area (Å²) in [6.45, 7) is 6.11. The zero-order chi connectivity index (χ0) is 22.7. The molecule has 32 heavy (non-hydrogen) atoms. The molecule has 4 aromatic carbocycles. The molecular weight excluding hydrogens is 392 g/mol. The highest BCUT2D eigenvalue weighted by Crippen LogP contribution is 2.29. The van der Waals surface area contributed by atoms with E-state index in [1.54, 1.807) is 0 Å². The normalized spacial score (nSPS) is 13.0. The van der Waals surface area contributed by atoms with Crippen molar-refractivity contribution in [1.29, 1.82) is 0 Å². The van der Waals surface area contributed by atoms with Crippen LogP contribution in [0.1, 0.15) is 62.3 Å². The van der Waals surface area contributed by atoms with Gasteiger partial charge in [-0.3, -0.25) is 0 Å². The second-order valence-electron chi connectivity index (χ2n) is 8.69. The minimum Gasteiger partial charge on any atom is -0.384 e. The fraction of sp³-hybridized carbons (Fsp3) is 0.200. The fourth-order valence-electron chi connectivity index (χ4n) is 4.30. The van der Waals surface area contributed by atoms with Crippen molar-refractivity contribution in [3.05, 3.63) is 141 Å². The first kappa shape index (κ1) is 22.0. The van der Waals surface area contributed by atoms with Gasteiger partial charge in [0, 0.05) is 0 Å². The molecule has 0 aliphatic heterocycles. The molecule has 162 valence electrons. The molecule has 2 N–H and O–H groups in total. The summed E-state index contributed by atoms with van der Waals surface area (Å²) in [5.74, 6) is 0. The van der Waals surface area contributed by atoms with Gasteiger partial charge in [-0.1, -0.05) is 96.6 Å². The van der Waals surface area contributed by atoms with Gasteiger partial charge in [0.1, 0.15) is 12.2 Å². The van der Waals surface area contributed by atoms with Gasteiger partial charge in [0.15, 0.2) is 0 Å². The van der Waals surface area contributed by atoms with Crippen molar-refractivity contribution < 1.29 is 10.2 Å². The first-order valence-corrected chi connectivity index (χ1v) is 11.1. The average Bonchev–Trinajstić information content (AvgIpc) is 2.80. The standard InChI is InChI=1S/C30H30O2/c1-20-8-6-11-25(16-20)29(31)26-12-7-10-23(18-26)17-24-15-14-22(3)28(19-24)30(32)27-13-5-4-9-21(27)2/h4-16,18-19,29-32H,17H2,1-3H3. The molecule has 2 heteroatoms. The Morgan fingerprint density at radius 1 is 0.562 bits per heavy atom. The summed E-state index contributed by atoms with van der Waals surface area (Å²) in [6.07, 6.45) is -0.556. The summed E-state index contributed by atoms with van der Waals surface area (Å²) >= 11 is 0. The first-order chi connectivity index (χ1) is 15.4. The second kappa shape index (κ2) is 9.52. The lowest BCUT2D eigenvalue weighted by Crippen LogP contribution is -2.05. The molecule has 0 aliphatic carbocycles. The van der Waals surface area contributed by atoms with Crippen molar-refractivity contribution in [2.75, 3.05) is 0 Å². The van der Waals surface area contributed by atoms with Gasteiger partial charge in [-0.25, -0.2) is 0 Å². The Balaban J connectivity index is 1.59. The van der Waals surface area contributed by atoms with Gasteiger partial charge in [-0.05, 0) is 71.7 Å². The number of aliphatic hydroxyl groups is 2. The van der Waals surface area contributed by atoms with E-state index in [0.29, 0.717) is 0 Å². The minimum atomic E-state index is -0.648. The number of rotatable bonds is 6. The third-order valence-electron chi connectivity index (χ3n) is 6.15. The van der Waals surface area contributed by atoms with Gasteiger partial charge in [-0.2, -0.15) is 0 Å². The smallest absolute Gasteiger partial charge is 0.105 e. The number of hydrogen-bond acceptors (Lipinski definition) is 2. The lowest BCUT2D eigenvalue weighted by Gasteiger charge is -2.18. The Morgan fingerprint density at radius 3 is 1.97 bits per heavy atom. The van der Waals surface area contributed by atoms with Crippen LogP contribution in [0.15, 0.2) is 91.0 Å². The van der Waals surface area contributed by atoms with Crippen LogP contribution in [0, 0.1) is 20.8 Å². The SMILES string of the molecule is Cc1cccc(C(O)c2cccc(Cc3ccc(C)c(C(O)c4ccccc4C)c3)c2)c1. The van der Waals surface area contributed by atoms with Gasteiger partial charge in [-0.15, -0.1) is 0 Å². The largest absolute Gasteiger partial charge is 0.384 e. The van der Waals surface area contributed by atoms with Gasteiger partial charge in [0.2, 0.25) is 0 Å². The van der Waals surface area contributed by atoms with E-state index in [-0.39, 0.29) is 0 Å². The van der Waals surface area contributed by atoms with E-state index >= 15 is 0 Å². The van der Waals surface area contributed by atoms with Crippen LogP contribution >= 0.6 is 0 Å². The van der Waals surface area contributed by atoms with E-state index < -0.39 is 12.2 Å². The summed E-state index contributed by atoms with van der Waals surface area (Å²) in [6, 6.07) is 30.4. The average molecular weight is 423 g/mol. The van der Waals surface area contributed by atoms with Crippen LogP contribution in [0.5, 0.6) is 0 Å². The highest BCUT2D eigenvalue weighted by atomic mass is 16.3. The summed E-state index contributed by atoms with van der Waals surface area (Å²) in [7, 11) is 0. The van der Waals surface area contributed by atoms with E-state index in [1.807, 2.05) is 81.4 Å². The molecule has 4 aromatic rings. The molecule has 0 aliphatic rings. The maximum atomic E-state index is 11.1. The Bertz CT molecular complexity index is 1220. The van der Waals surface area contributed by atoms with Crippen molar-refractivity contribution in [2.45, 2.75) is 39.4 Å². The summed E-state index contributed by atoms with van der Waals surface area (Å²) in [5.41, 5.74) is 9.24. The van der Waals surface area contributed by atoms with Crippen LogP contribution in [0.25, 0.3) is 0 Å². The molecule has 0 heterocycles. The monoisotopic (exact) mass is 422 g/mol. The number of hydrogen-bond donors (Lipinski definition) is 2. The second-order valence-corrected chi connectivity index (χ2v) is 8.69. The van der Waals surface area contributed by atoms with Crippen molar-refractivity contribution in [1.82, 2.24) is 0 Å². The van der Waals surface area contributed by atoms with E-state index in [1.165, 1.54) is 0 Å². The van der Waals surface area contributed by atoms with Crippen LogP contribution in [-0.4, -0.2) is 10.2 Å². The predicted molar refractivity (Wildman–Crippen MR) is 131 cm³/mol. The van der Waals surface area contributed by atoms with E-state index in [4.69, 9.17) is 0 Å². The van der Waals surface area contributed by atoms with Crippen LogP contribution in [0.3, 0.4) is 0 Å². The highest BCUT2D eigenvalue weighted by molar-refractivity contribution is 5.42. The first-order valence-electron chi connectivity index (χ1n) is 11.1. The lowest BCUT2D eigenvalue weighted by atomic mass is 9.91. The molecule has 0 saturated heterocycles. The van der Waals surface area contributed by atoms with E-state index in [2.05, 4.69) is 30.3 Å². The van der Waals surface area contributed by atoms with Crippen molar-refractivity contribution >= 4 is 0 Å². The number of aryl methyl sites for hydroxylation is 3. The maximum Gasteiger partial charge on any atom is 0.105 e. The molecule has 0 fully saturated rings. The molecule has 4 rings (SSSR count). The van der Waals surface area contributed by atoms with Crippen LogP contribution in [0.4, 0.5) is 0 Å². The van der Waals surface area contributed by atoms with E-state index in [9.17, 15) is 10.2 Å². The van der Waals surface area contributed by atoms with Crippen molar-refractivity contribution in [3.63, 3.8) is 0 Å². The third kappa shape index (κ3) is 4.83. The zero-order valence-electron chi connectivity index (χ0n) is 18.9. The Hall–Kier alpha value is -3.20. The van der Waals surface area contributed by atoms with Crippen molar-refractivity contribution in [2.24, 2.45) is 0 Å². The molecule has 2 atom stereocenters. The summed E-state index contributed by atoms with van der Waals surface area (Å²) in [4.78, 5) is 0. The minimum absolute atomic E-state index is 0.647. The Labute approximate surface area is 190 Å².